The summed E-state index contributed by atoms with van der Waals surface area (Å²) in [6, 6.07) is 17.5. The van der Waals surface area contributed by atoms with Crippen LogP contribution < -0.4 is 10.1 Å². The molecule has 1 heterocycles. The standard InChI is InChI=1S/C20H18N2O2S/c1-14-19(16-9-4-3-5-10-16)22-20(25-14)21-18(23)13-12-15-8-6-7-11-17(15)24-2/h3-13H,1-2H3,(H,21,22,23)/b13-12+. The van der Waals surface area contributed by atoms with Gasteiger partial charge in [0.15, 0.2) is 5.13 Å². The maximum absolute atomic E-state index is 12.2. The van der Waals surface area contributed by atoms with Gasteiger partial charge in [0.2, 0.25) is 5.91 Å². The van der Waals surface area contributed by atoms with Crippen molar-refractivity contribution in [2.24, 2.45) is 0 Å². The number of para-hydroxylation sites is 1. The molecule has 4 nitrogen and oxygen atoms in total. The van der Waals surface area contributed by atoms with Crippen molar-refractivity contribution >= 4 is 28.5 Å². The Balaban J connectivity index is 1.72. The highest BCUT2D eigenvalue weighted by Gasteiger charge is 2.10. The van der Waals surface area contributed by atoms with E-state index in [2.05, 4.69) is 10.3 Å². The third-order valence-corrected chi connectivity index (χ3v) is 4.51. The summed E-state index contributed by atoms with van der Waals surface area (Å²) >= 11 is 1.47. The van der Waals surface area contributed by atoms with Crippen LogP contribution in [0, 0.1) is 6.92 Å². The molecule has 0 fully saturated rings. The van der Waals surface area contributed by atoms with Crippen LogP contribution in [-0.4, -0.2) is 18.0 Å². The number of aromatic nitrogens is 1. The van der Waals surface area contributed by atoms with Crippen molar-refractivity contribution in [2.75, 3.05) is 12.4 Å². The number of hydrogen-bond donors (Lipinski definition) is 1. The van der Waals surface area contributed by atoms with E-state index >= 15 is 0 Å². The molecule has 0 aliphatic heterocycles. The fraction of sp³-hybridized carbons (Fsp3) is 0.100. The number of methoxy groups -OCH3 is 1. The fourth-order valence-electron chi connectivity index (χ4n) is 2.43. The third-order valence-electron chi connectivity index (χ3n) is 3.63. The van der Waals surface area contributed by atoms with Gasteiger partial charge in [-0.1, -0.05) is 48.5 Å². The van der Waals surface area contributed by atoms with Crippen LogP contribution in [0.1, 0.15) is 10.4 Å². The Bertz CT molecular complexity index is 901. The van der Waals surface area contributed by atoms with E-state index in [4.69, 9.17) is 4.74 Å². The molecular formula is C20H18N2O2S. The van der Waals surface area contributed by atoms with Crippen LogP contribution in [-0.2, 0) is 4.79 Å². The quantitative estimate of drug-likeness (QED) is 0.674. The lowest BCUT2D eigenvalue weighted by molar-refractivity contribution is -0.111. The van der Waals surface area contributed by atoms with Crippen LogP contribution >= 0.6 is 11.3 Å². The summed E-state index contributed by atoms with van der Waals surface area (Å²) in [5, 5.41) is 3.41. The number of nitrogens with one attached hydrogen (secondary N) is 1. The average molecular weight is 350 g/mol. The summed E-state index contributed by atoms with van der Waals surface area (Å²) in [4.78, 5) is 17.8. The first-order valence-corrected chi connectivity index (χ1v) is 8.64. The first-order valence-electron chi connectivity index (χ1n) is 7.82. The Morgan fingerprint density at radius 1 is 1.12 bits per heavy atom. The van der Waals surface area contributed by atoms with Gasteiger partial charge < -0.3 is 4.74 Å². The Labute approximate surface area is 150 Å². The number of anilines is 1. The number of thiazole rings is 1. The minimum absolute atomic E-state index is 0.223. The topological polar surface area (TPSA) is 51.2 Å². The molecule has 0 saturated carbocycles. The smallest absolute Gasteiger partial charge is 0.250 e. The number of amides is 1. The van der Waals surface area contributed by atoms with Crippen LogP contribution in [0.4, 0.5) is 5.13 Å². The lowest BCUT2D eigenvalue weighted by atomic mass is 10.1. The highest BCUT2D eigenvalue weighted by atomic mass is 32.1. The molecule has 1 amide bonds. The average Bonchev–Trinajstić information content (AvgIpc) is 3.01. The maximum atomic E-state index is 12.2. The molecule has 2 aromatic carbocycles. The van der Waals surface area contributed by atoms with Gasteiger partial charge in [0.1, 0.15) is 5.75 Å². The van der Waals surface area contributed by atoms with Gasteiger partial charge in [-0.2, -0.15) is 0 Å². The van der Waals surface area contributed by atoms with E-state index in [1.54, 1.807) is 13.2 Å². The highest BCUT2D eigenvalue weighted by Crippen LogP contribution is 2.30. The monoisotopic (exact) mass is 350 g/mol. The molecular weight excluding hydrogens is 332 g/mol. The van der Waals surface area contributed by atoms with Gasteiger partial charge in [-0.3, -0.25) is 10.1 Å². The second kappa shape index (κ2) is 7.77. The summed E-state index contributed by atoms with van der Waals surface area (Å²) in [5.74, 6) is 0.502. The van der Waals surface area contributed by atoms with Crippen molar-refractivity contribution in [3.8, 4) is 17.0 Å². The van der Waals surface area contributed by atoms with Crippen molar-refractivity contribution < 1.29 is 9.53 Å². The summed E-state index contributed by atoms with van der Waals surface area (Å²) in [5.41, 5.74) is 2.79. The fourth-order valence-corrected chi connectivity index (χ4v) is 3.27. The molecule has 0 bridgehead atoms. The van der Waals surface area contributed by atoms with Crippen LogP contribution in [0.15, 0.2) is 60.7 Å². The number of ether oxygens (including phenoxy) is 1. The zero-order valence-corrected chi connectivity index (χ0v) is 14.8. The van der Waals surface area contributed by atoms with E-state index in [0.717, 1.165) is 27.4 Å². The summed E-state index contributed by atoms with van der Waals surface area (Å²) in [7, 11) is 1.61. The van der Waals surface area contributed by atoms with Crippen molar-refractivity contribution in [3.05, 3.63) is 71.1 Å². The van der Waals surface area contributed by atoms with Gasteiger partial charge in [-0.25, -0.2) is 4.98 Å². The van der Waals surface area contributed by atoms with E-state index < -0.39 is 0 Å². The largest absolute Gasteiger partial charge is 0.496 e. The van der Waals surface area contributed by atoms with Gasteiger partial charge in [0, 0.05) is 22.1 Å². The van der Waals surface area contributed by atoms with Crippen LogP contribution in [0.25, 0.3) is 17.3 Å². The molecule has 126 valence electrons. The number of hydrogen-bond acceptors (Lipinski definition) is 4. The zero-order valence-electron chi connectivity index (χ0n) is 14.0. The molecule has 1 aromatic heterocycles. The number of carbonyl (C=O) groups is 1. The minimum atomic E-state index is -0.223. The number of benzene rings is 2. The Hall–Kier alpha value is -2.92. The zero-order chi connectivity index (χ0) is 17.6. The molecule has 0 radical (unpaired) electrons. The molecule has 0 spiro atoms. The summed E-state index contributed by atoms with van der Waals surface area (Å²) in [6.45, 7) is 2.00. The molecule has 25 heavy (non-hydrogen) atoms. The van der Waals surface area contributed by atoms with Crippen LogP contribution in [0.2, 0.25) is 0 Å². The SMILES string of the molecule is COc1ccccc1/C=C/C(=O)Nc1nc(-c2ccccc2)c(C)s1. The number of aryl methyl sites for hydroxylation is 1. The second-order valence-corrected chi connectivity index (χ2v) is 6.56. The van der Waals surface area contributed by atoms with Crippen molar-refractivity contribution in [3.63, 3.8) is 0 Å². The molecule has 3 rings (SSSR count). The van der Waals surface area contributed by atoms with Gasteiger partial charge in [-0.05, 0) is 19.1 Å². The second-order valence-electron chi connectivity index (χ2n) is 5.35. The first-order chi connectivity index (χ1) is 12.2. The van der Waals surface area contributed by atoms with Crippen molar-refractivity contribution in [1.82, 2.24) is 4.98 Å². The van der Waals surface area contributed by atoms with Crippen molar-refractivity contribution in [2.45, 2.75) is 6.92 Å². The summed E-state index contributed by atoms with van der Waals surface area (Å²) in [6.07, 6.45) is 3.21. The minimum Gasteiger partial charge on any atom is -0.496 e. The predicted molar refractivity (Wildman–Crippen MR) is 103 cm³/mol. The Morgan fingerprint density at radius 3 is 2.60 bits per heavy atom. The molecule has 5 heteroatoms. The number of nitrogens with zero attached hydrogens (tertiary/aromatic N) is 1. The Kier molecular flexibility index (Phi) is 5.26. The molecule has 0 atom stereocenters. The van der Waals surface area contributed by atoms with Crippen molar-refractivity contribution in [1.29, 1.82) is 0 Å². The molecule has 0 saturated heterocycles. The maximum Gasteiger partial charge on any atom is 0.250 e. The summed E-state index contributed by atoms with van der Waals surface area (Å²) < 4.78 is 5.27. The van der Waals surface area contributed by atoms with Gasteiger partial charge >= 0.3 is 0 Å². The molecule has 1 N–H and O–H groups in total. The number of carbonyl (C=O) groups excluding carboxylic acids is 1. The highest BCUT2D eigenvalue weighted by molar-refractivity contribution is 7.16. The van der Waals surface area contributed by atoms with E-state index in [0.29, 0.717) is 5.13 Å². The van der Waals surface area contributed by atoms with Crippen LogP contribution in [0.5, 0.6) is 5.75 Å². The molecule has 0 unspecified atom stereocenters. The van der Waals surface area contributed by atoms with Crippen LogP contribution in [0.3, 0.4) is 0 Å². The van der Waals surface area contributed by atoms with E-state index in [1.165, 1.54) is 17.4 Å². The van der Waals surface area contributed by atoms with E-state index in [1.807, 2.05) is 61.5 Å². The first kappa shape index (κ1) is 16.9. The normalized spacial score (nSPS) is 10.8. The number of rotatable bonds is 5. The van der Waals surface area contributed by atoms with E-state index in [-0.39, 0.29) is 5.91 Å². The van der Waals surface area contributed by atoms with E-state index in [9.17, 15) is 4.79 Å². The molecule has 3 aromatic rings. The lowest BCUT2D eigenvalue weighted by Gasteiger charge is -2.03. The lowest BCUT2D eigenvalue weighted by Crippen LogP contribution is -2.07. The molecule has 0 aliphatic rings. The van der Waals surface area contributed by atoms with Gasteiger partial charge in [-0.15, -0.1) is 11.3 Å². The van der Waals surface area contributed by atoms with Gasteiger partial charge in [0.25, 0.3) is 0 Å². The Morgan fingerprint density at radius 2 is 1.84 bits per heavy atom. The predicted octanol–water partition coefficient (Wildman–Crippen LogP) is 4.78. The molecule has 0 aliphatic carbocycles. The third kappa shape index (κ3) is 4.14. The van der Waals surface area contributed by atoms with Gasteiger partial charge in [0.05, 0.1) is 12.8 Å².